The van der Waals surface area contributed by atoms with E-state index in [0.717, 1.165) is 25.2 Å². The number of aliphatic hydroxyl groups is 1. The summed E-state index contributed by atoms with van der Waals surface area (Å²) in [5.41, 5.74) is 1.62. The molecule has 26 heavy (non-hydrogen) atoms. The summed E-state index contributed by atoms with van der Waals surface area (Å²) < 4.78 is 3.18. The lowest BCUT2D eigenvalue weighted by molar-refractivity contribution is -0.00627. The van der Waals surface area contributed by atoms with Crippen LogP contribution in [-0.4, -0.2) is 43.1 Å². The van der Waals surface area contributed by atoms with Gasteiger partial charge in [0, 0.05) is 0 Å². The molecule has 2 N–H and O–H groups in total. The first-order valence-electron chi connectivity index (χ1n) is 9.05. The van der Waals surface area contributed by atoms with Gasteiger partial charge in [0.25, 0.3) is 5.56 Å². The summed E-state index contributed by atoms with van der Waals surface area (Å²) in [6.07, 6.45) is 5.30. The molecule has 3 heterocycles. The summed E-state index contributed by atoms with van der Waals surface area (Å²) in [4.78, 5) is 17.3. The van der Waals surface area contributed by atoms with Crippen molar-refractivity contribution >= 4 is 11.0 Å². The van der Waals surface area contributed by atoms with Gasteiger partial charge in [-0.3, -0.25) is 9.36 Å². The summed E-state index contributed by atoms with van der Waals surface area (Å²) in [6, 6.07) is 8.07. The van der Waals surface area contributed by atoms with E-state index < -0.39 is 5.60 Å². The molecule has 0 atom stereocenters. The molecule has 7 heteroatoms. The molecule has 0 aliphatic carbocycles. The van der Waals surface area contributed by atoms with Gasteiger partial charge in [0.2, 0.25) is 0 Å². The zero-order chi connectivity index (χ0) is 18.1. The van der Waals surface area contributed by atoms with Crippen LogP contribution in [0.15, 0.2) is 41.6 Å². The zero-order valence-corrected chi connectivity index (χ0v) is 14.9. The minimum absolute atomic E-state index is 0.168. The minimum Gasteiger partial charge on any atom is -0.388 e. The lowest BCUT2D eigenvalue weighted by Crippen LogP contribution is -2.46. The van der Waals surface area contributed by atoms with Gasteiger partial charge in [0.1, 0.15) is 11.7 Å². The number of nitrogens with zero attached hydrogens (tertiary/aromatic N) is 4. The second-order valence-electron chi connectivity index (χ2n) is 6.97. The van der Waals surface area contributed by atoms with Gasteiger partial charge < -0.3 is 10.4 Å². The first-order chi connectivity index (χ1) is 12.6. The Hall–Kier alpha value is -2.51. The number of fused-ring (bicyclic) bond motifs is 1. The van der Waals surface area contributed by atoms with E-state index in [0.29, 0.717) is 23.9 Å². The van der Waals surface area contributed by atoms with Crippen LogP contribution in [0.5, 0.6) is 0 Å². The Kier molecular flexibility index (Phi) is 4.34. The van der Waals surface area contributed by atoms with E-state index in [9.17, 15) is 9.90 Å². The molecule has 2 aromatic heterocycles. The summed E-state index contributed by atoms with van der Waals surface area (Å²) in [6.45, 7) is 3.88. The highest BCUT2D eigenvalue weighted by Crippen LogP contribution is 2.20. The molecule has 0 bridgehead atoms. The third-order valence-corrected chi connectivity index (χ3v) is 5.14. The van der Waals surface area contributed by atoms with Crippen LogP contribution >= 0.6 is 0 Å². The van der Waals surface area contributed by atoms with Crippen molar-refractivity contribution in [2.24, 2.45) is 0 Å². The quantitative estimate of drug-likeness (QED) is 0.738. The minimum atomic E-state index is -0.865. The molecule has 1 fully saturated rings. The van der Waals surface area contributed by atoms with E-state index in [-0.39, 0.29) is 12.1 Å². The maximum Gasteiger partial charge on any atom is 0.264 e. The number of hydrogen-bond donors (Lipinski definition) is 2. The molecule has 3 aromatic rings. The highest BCUT2D eigenvalue weighted by atomic mass is 16.3. The normalized spacial score (nSPS) is 16.8. The zero-order valence-electron chi connectivity index (χ0n) is 14.9. The third kappa shape index (κ3) is 3.04. The summed E-state index contributed by atoms with van der Waals surface area (Å²) in [7, 11) is 0. The van der Waals surface area contributed by atoms with Crippen LogP contribution in [0, 0.1) is 0 Å². The largest absolute Gasteiger partial charge is 0.388 e. The Morgan fingerprint density at radius 3 is 2.65 bits per heavy atom. The van der Waals surface area contributed by atoms with Crippen LogP contribution in [0.25, 0.3) is 16.7 Å². The average Bonchev–Trinajstić information content (AvgIpc) is 3.09. The number of aryl methyl sites for hydroxylation is 1. The first-order valence-corrected chi connectivity index (χ1v) is 9.05. The number of piperidine rings is 1. The number of nitrogens with one attached hydrogen (secondary N) is 1. The molecule has 1 aliphatic heterocycles. The highest BCUT2D eigenvalue weighted by Gasteiger charge is 2.30. The van der Waals surface area contributed by atoms with Crippen molar-refractivity contribution in [1.82, 2.24) is 24.6 Å². The molecule has 1 aliphatic rings. The molecule has 0 amide bonds. The molecule has 0 radical (unpaired) electrons. The van der Waals surface area contributed by atoms with Crippen molar-refractivity contribution in [3.05, 3.63) is 52.7 Å². The van der Waals surface area contributed by atoms with Gasteiger partial charge in [-0.2, -0.15) is 5.10 Å². The maximum absolute atomic E-state index is 12.8. The van der Waals surface area contributed by atoms with Crippen molar-refractivity contribution in [1.29, 1.82) is 0 Å². The number of rotatable bonds is 4. The molecule has 1 saturated heterocycles. The molecule has 136 valence electrons. The SMILES string of the molecule is CCc1ccc(-n2ncc3c(=O)n(CC4(O)CCNCC4)cnc32)cc1. The van der Waals surface area contributed by atoms with Crippen molar-refractivity contribution in [3.8, 4) is 5.69 Å². The average molecular weight is 353 g/mol. The fourth-order valence-electron chi connectivity index (χ4n) is 3.49. The molecule has 1 aromatic carbocycles. The predicted octanol–water partition coefficient (Wildman–Crippen LogP) is 1.26. The van der Waals surface area contributed by atoms with Gasteiger partial charge in [-0.1, -0.05) is 19.1 Å². The standard InChI is InChI=1S/C19H23N5O2/c1-2-14-3-5-15(6-4-14)24-17-16(11-22-24)18(25)23(13-21-17)12-19(26)7-9-20-10-8-19/h3-6,11,13,20,26H,2,7-10,12H2,1H3. The predicted molar refractivity (Wildman–Crippen MR) is 99.6 cm³/mol. The molecule has 0 saturated carbocycles. The Bertz CT molecular complexity index is 968. The summed E-state index contributed by atoms with van der Waals surface area (Å²) in [5.74, 6) is 0. The fraction of sp³-hybridized carbons (Fsp3) is 0.421. The van der Waals surface area contributed by atoms with Gasteiger partial charge in [-0.05, 0) is 50.0 Å². The van der Waals surface area contributed by atoms with Crippen LogP contribution < -0.4 is 10.9 Å². The molecule has 0 unspecified atom stereocenters. The van der Waals surface area contributed by atoms with E-state index >= 15 is 0 Å². The second kappa shape index (κ2) is 6.66. The topological polar surface area (TPSA) is 85.0 Å². The van der Waals surface area contributed by atoms with E-state index in [2.05, 4.69) is 34.5 Å². The number of hydrogen-bond acceptors (Lipinski definition) is 5. The van der Waals surface area contributed by atoms with Crippen LogP contribution in [0.1, 0.15) is 25.3 Å². The lowest BCUT2D eigenvalue weighted by Gasteiger charge is -2.32. The maximum atomic E-state index is 12.8. The Balaban J connectivity index is 1.69. The van der Waals surface area contributed by atoms with Crippen molar-refractivity contribution in [3.63, 3.8) is 0 Å². The Morgan fingerprint density at radius 2 is 1.96 bits per heavy atom. The van der Waals surface area contributed by atoms with Gasteiger partial charge in [0.05, 0.1) is 24.0 Å². The van der Waals surface area contributed by atoms with E-state index in [1.165, 1.54) is 16.5 Å². The molecule has 0 spiro atoms. The number of benzene rings is 1. The number of aromatic nitrogens is 4. The van der Waals surface area contributed by atoms with Crippen molar-refractivity contribution in [2.75, 3.05) is 13.1 Å². The Labute approximate surface area is 151 Å². The van der Waals surface area contributed by atoms with E-state index in [1.54, 1.807) is 10.9 Å². The van der Waals surface area contributed by atoms with Gasteiger partial charge in [-0.25, -0.2) is 9.67 Å². The molecular weight excluding hydrogens is 330 g/mol. The van der Waals surface area contributed by atoms with Gasteiger partial charge in [-0.15, -0.1) is 0 Å². The first kappa shape index (κ1) is 16.9. The van der Waals surface area contributed by atoms with Crippen molar-refractivity contribution in [2.45, 2.75) is 38.3 Å². The van der Waals surface area contributed by atoms with Crippen LogP contribution in [0.2, 0.25) is 0 Å². The monoisotopic (exact) mass is 353 g/mol. The van der Waals surface area contributed by atoms with E-state index in [1.807, 2.05) is 12.1 Å². The molecule has 4 rings (SSSR count). The van der Waals surface area contributed by atoms with Crippen molar-refractivity contribution < 1.29 is 5.11 Å². The lowest BCUT2D eigenvalue weighted by atomic mass is 9.92. The van der Waals surface area contributed by atoms with E-state index in [4.69, 9.17) is 0 Å². The highest BCUT2D eigenvalue weighted by molar-refractivity contribution is 5.74. The smallest absolute Gasteiger partial charge is 0.264 e. The second-order valence-corrected chi connectivity index (χ2v) is 6.97. The van der Waals surface area contributed by atoms with Gasteiger partial charge in [0.15, 0.2) is 5.65 Å². The molecular formula is C19H23N5O2. The fourth-order valence-corrected chi connectivity index (χ4v) is 3.49. The Morgan fingerprint density at radius 1 is 1.23 bits per heavy atom. The third-order valence-electron chi connectivity index (χ3n) is 5.14. The van der Waals surface area contributed by atoms with Crippen LogP contribution in [0.3, 0.4) is 0 Å². The van der Waals surface area contributed by atoms with Crippen LogP contribution in [-0.2, 0) is 13.0 Å². The summed E-state index contributed by atoms with van der Waals surface area (Å²) >= 11 is 0. The van der Waals surface area contributed by atoms with Crippen LogP contribution in [0.4, 0.5) is 0 Å². The summed E-state index contributed by atoms with van der Waals surface area (Å²) in [5, 5.41) is 18.7. The molecule has 7 nitrogen and oxygen atoms in total. The van der Waals surface area contributed by atoms with Gasteiger partial charge >= 0.3 is 0 Å².